The highest BCUT2D eigenvalue weighted by molar-refractivity contribution is 5.81. The topological polar surface area (TPSA) is 39.1 Å². The number of benzene rings is 1. The van der Waals surface area contributed by atoms with E-state index in [9.17, 15) is 0 Å². The third-order valence-electron chi connectivity index (χ3n) is 4.44. The molecule has 0 bridgehead atoms. The molecule has 4 heteroatoms. The molecule has 0 saturated carbocycles. The van der Waals surface area contributed by atoms with Crippen LogP contribution in [0.25, 0.3) is 16.7 Å². The van der Waals surface area contributed by atoms with E-state index in [2.05, 4.69) is 48.0 Å². The van der Waals surface area contributed by atoms with E-state index in [1.165, 1.54) is 16.8 Å². The fourth-order valence-electron chi connectivity index (χ4n) is 3.17. The lowest BCUT2D eigenvalue weighted by Gasteiger charge is -2.22. The van der Waals surface area contributed by atoms with Crippen molar-refractivity contribution >= 4 is 16.7 Å². The molecule has 0 amide bonds. The Kier molecular flexibility index (Phi) is 3.00. The Morgan fingerprint density at radius 3 is 3.05 bits per heavy atom. The number of fused-ring (bicyclic) bond motifs is 3. The van der Waals surface area contributed by atoms with Crippen molar-refractivity contribution < 1.29 is 4.74 Å². The molecule has 110 valence electrons. The minimum Gasteiger partial charge on any atom is -0.385 e. The molecule has 0 fully saturated rings. The summed E-state index contributed by atoms with van der Waals surface area (Å²) in [7, 11) is 0. The molecule has 21 heavy (non-hydrogen) atoms. The van der Waals surface area contributed by atoms with E-state index in [4.69, 9.17) is 9.72 Å². The largest absolute Gasteiger partial charge is 0.385 e. The van der Waals surface area contributed by atoms with Crippen LogP contribution in [-0.2, 0) is 17.9 Å². The summed E-state index contributed by atoms with van der Waals surface area (Å²) in [6, 6.07) is 6.59. The van der Waals surface area contributed by atoms with Gasteiger partial charge in [-0.25, -0.2) is 4.98 Å². The van der Waals surface area contributed by atoms with Gasteiger partial charge in [-0.3, -0.25) is 0 Å². The summed E-state index contributed by atoms with van der Waals surface area (Å²) in [6.45, 7) is 6.94. The molecular formula is C17H21N3O. The first-order valence-electron chi connectivity index (χ1n) is 7.76. The monoisotopic (exact) mass is 283 g/mol. The molecule has 1 aromatic heterocycles. The van der Waals surface area contributed by atoms with Crippen molar-refractivity contribution in [2.24, 2.45) is 5.92 Å². The zero-order valence-electron chi connectivity index (χ0n) is 12.6. The molecule has 0 saturated heterocycles. The highest BCUT2D eigenvalue weighted by Crippen LogP contribution is 2.26. The Balaban J connectivity index is 1.74. The van der Waals surface area contributed by atoms with Gasteiger partial charge < -0.3 is 14.6 Å². The maximum atomic E-state index is 5.69. The van der Waals surface area contributed by atoms with E-state index in [1.54, 1.807) is 0 Å². The first-order valence-corrected chi connectivity index (χ1v) is 7.76. The molecule has 2 atom stereocenters. The average Bonchev–Trinajstić information content (AvgIpc) is 2.85. The van der Waals surface area contributed by atoms with Crippen molar-refractivity contribution in [2.45, 2.75) is 39.5 Å². The van der Waals surface area contributed by atoms with Crippen LogP contribution in [-0.4, -0.2) is 22.2 Å². The van der Waals surface area contributed by atoms with Gasteiger partial charge >= 0.3 is 0 Å². The van der Waals surface area contributed by atoms with Gasteiger partial charge in [0.05, 0.1) is 23.7 Å². The summed E-state index contributed by atoms with van der Waals surface area (Å²) < 4.78 is 7.97. The number of aromatic nitrogens is 2. The molecule has 2 aromatic rings. The molecular weight excluding hydrogens is 262 g/mol. The van der Waals surface area contributed by atoms with Crippen molar-refractivity contribution in [2.75, 3.05) is 6.54 Å². The predicted octanol–water partition coefficient (Wildman–Crippen LogP) is 2.93. The van der Waals surface area contributed by atoms with Gasteiger partial charge in [-0.15, -0.1) is 0 Å². The molecule has 4 rings (SSSR count). The predicted molar refractivity (Wildman–Crippen MR) is 83.7 cm³/mol. The molecule has 0 aliphatic carbocycles. The van der Waals surface area contributed by atoms with Gasteiger partial charge in [0, 0.05) is 12.2 Å². The molecule has 2 aliphatic rings. The molecule has 3 heterocycles. The third kappa shape index (κ3) is 2.23. The second-order valence-electron chi connectivity index (χ2n) is 6.30. The number of nitrogens with zero attached hydrogens (tertiary/aromatic N) is 2. The third-order valence-corrected chi connectivity index (χ3v) is 4.44. The van der Waals surface area contributed by atoms with Crippen molar-refractivity contribution in [1.29, 1.82) is 0 Å². The van der Waals surface area contributed by atoms with Crippen LogP contribution < -0.4 is 5.32 Å². The quantitative estimate of drug-likeness (QED) is 0.874. The number of rotatable bonds is 1. The number of hydrogen-bond donors (Lipinski definition) is 1. The number of imidazole rings is 1. The Labute approximate surface area is 124 Å². The van der Waals surface area contributed by atoms with Crippen LogP contribution in [0.15, 0.2) is 24.3 Å². The van der Waals surface area contributed by atoms with E-state index in [0.717, 1.165) is 36.8 Å². The fourth-order valence-corrected chi connectivity index (χ4v) is 3.17. The molecule has 4 nitrogen and oxygen atoms in total. The lowest BCUT2D eigenvalue weighted by Crippen LogP contribution is -2.24. The lowest BCUT2D eigenvalue weighted by molar-refractivity contribution is 0.0153. The summed E-state index contributed by atoms with van der Waals surface area (Å²) in [4.78, 5) is 4.74. The van der Waals surface area contributed by atoms with Gasteiger partial charge in [0.1, 0.15) is 12.4 Å². The normalized spacial score (nSPS) is 25.3. The molecule has 0 radical (unpaired) electrons. The van der Waals surface area contributed by atoms with Crippen LogP contribution in [0.2, 0.25) is 0 Å². The van der Waals surface area contributed by atoms with Gasteiger partial charge in [0.25, 0.3) is 0 Å². The summed E-state index contributed by atoms with van der Waals surface area (Å²) in [5, 5.41) is 3.52. The number of nitrogens with one attached hydrogen (secondary N) is 1. The highest BCUT2D eigenvalue weighted by Gasteiger charge is 2.20. The van der Waals surface area contributed by atoms with Gasteiger partial charge in [-0.05, 0) is 37.0 Å². The Hall–Kier alpha value is -1.81. The Morgan fingerprint density at radius 1 is 1.33 bits per heavy atom. The van der Waals surface area contributed by atoms with Crippen LogP contribution in [0.4, 0.5) is 0 Å². The zero-order valence-corrected chi connectivity index (χ0v) is 12.6. The molecule has 0 spiro atoms. The van der Waals surface area contributed by atoms with E-state index in [1.807, 2.05) is 0 Å². The van der Waals surface area contributed by atoms with Gasteiger partial charge in [-0.1, -0.05) is 19.1 Å². The smallest absolute Gasteiger partial charge is 0.136 e. The van der Waals surface area contributed by atoms with E-state index in [0.29, 0.717) is 6.61 Å². The Bertz CT molecular complexity index is 716. The van der Waals surface area contributed by atoms with Gasteiger partial charge in [-0.2, -0.15) is 0 Å². The number of allylic oxidation sites excluding steroid dienone is 1. The summed E-state index contributed by atoms with van der Waals surface area (Å²) in [5.74, 6) is 1.76. The van der Waals surface area contributed by atoms with Gasteiger partial charge in [0.2, 0.25) is 0 Å². The Morgan fingerprint density at radius 2 is 2.24 bits per heavy atom. The first kappa shape index (κ1) is 12.9. The van der Waals surface area contributed by atoms with Crippen molar-refractivity contribution in [3.05, 3.63) is 35.7 Å². The minimum atomic E-state index is 0.263. The molecule has 1 N–H and O–H groups in total. The van der Waals surface area contributed by atoms with Crippen LogP contribution in [0.1, 0.15) is 31.7 Å². The maximum Gasteiger partial charge on any atom is 0.136 e. The van der Waals surface area contributed by atoms with Crippen LogP contribution >= 0.6 is 0 Å². The highest BCUT2D eigenvalue weighted by atomic mass is 16.5. The average molecular weight is 283 g/mol. The first-order chi connectivity index (χ1) is 10.2. The van der Waals surface area contributed by atoms with Crippen molar-refractivity contribution in [3.63, 3.8) is 0 Å². The summed E-state index contributed by atoms with van der Waals surface area (Å²) in [5.41, 5.74) is 4.76. The van der Waals surface area contributed by atoms with E-state index >= 15 is 0 Å². The maximum absolute atomic E-state index is 5.69. The van der Waals surface area contributed by atoms with Crippen LogP contribution in [0.3, 0.4) is 0 Å². The number of ether oxygens (including phenoxy) is 1. The van der Waals surface area contributed by atoms with Crippen LogP contribution in [0.5, 0.6) is 0 Å². The summed E-state index contributed by atoms with van der Waals surface area (Å²) in [6.07, 6.45) is 3.71. The van der Waals surface area contributed by atoms with Crippen LogP contribution in [0, 0.1) is 5.92 Å². The SMILES string of the molecule is C[C@H]1CC=C(c2ccc3c(c2)nc2n3C[C@H](C)OC2)NC1. The second-order valence-corrected chi connectivity index (χ2v) is 6.30. The van der Waals surface area contributed by atoms with Crippen molar-refractivity contribution in [3.8, 4) is 0 Å². The van der Waals surface area contributed by atoms with Gasteiger partial charge in [0.15, 0.2) is 0 Å². The molecule has 2 aliphatic heterocycles. The standard InChI is InChI=1S/C17H21N3O/c1-11-3-5-14(18-8-11)13-4-6-16-15(7-13)19-17-10-21-12(2)9-20(16)17/h4-7,11-12,18H,3,8-10H2,1-2H3/t11-,12-/m0/s1. The molecule has 1 aromatic carbocycles. The van der Waals surface area contributed by atoms with E-state index in [-0.39, 0.29) is 6.10 Å². The lowest BCUT2D eigenvalue weighted by atomic mass is 10.00. The number of hydrogen-bond acceptors (Lipinski definition) is 3. The molecule has 0 unspecified atom stereocenters. The minimum absolute atomic E-state index is 0.263. The van der Waals surface area contributed by atoms with Crippen molar-refractivity contribution in [1.82, 2.24) is 14.9 Å². The summed E-state index contributed by atoms with van der Waals surface area (Å²) >= 11 is 0. The second kappa shape index (κ2) is 4.88. The van der Waals surface area contributed by atoms with E-state index < -0.39 is 0 Å². The fraction of sp³-hybridized carbons (Fsp3) is 0.471. The zero-order chi connectivity index (χ0) is 14.4.